The zero-order valence-electron chi connectivity index (χ0n) is 10.0. The Morgan fingerprint density at radius 2 is 1.13 bits per heavy atom. The normalized spacial score (nSPS) is 15.2. The van der Waals surface area contributed by atoms with Crippen LogP contribution in [0, 0.1) is 0 Å². The Morgan fingerprint density at radius 3 is 1.47 bits per heavy atom. The molecule has 2 atom stereocenters. The summed E-state index contributed by atoms with van der Waals surface area (Å²) >= 11 is 0. The molecule has 0 aliphatic heterocycles. The molecule has 2 unspecified atom stereocenters. The van der Waals surface area contributed by atoms with Crippen molar-refractivity contribution < 1.29 is 23.7 Å². The number of rotatable bonds is 10. The zero-order valence-corrected chi connectivity index (χ0v) is 10.0. The van der Waals surface area contributed by atoms with E-state index in [9.17, 15) is 0 Å². The second-order valence-corrected chi connectivity index (χ2v) is 2.96. The summed E-state index contributed by atoms with van der Waals surface area (Å²) in [7, 11) is 3.21. The predicted molar refractivity (Wildman–Crippen MR) is 55.7 cm³/mol. The van der Waals surface area contributed by atoms with Gasteiger partial charge in [0.2, 0.25) is 0 Å². The van der Waals surface area contributed by atoms with Crippen LogP contribution < -0.4 is 0 Å². The fraction of sp³-hybridized carbons (Fsp3) is 1.00. The minimum Gasteiger partial charge on any atom is -0.377 e. The quantitative estimate of drug-likeness (QED) is 0.408. The molecule has 0 rings (SSSR count). The van der Waals surface area contributed by atoms with E-state index in [4.69, 9.17) is 23.7 Å². The van der Waals surface area contributed by atoms with Crippen molar-refractivity contribution in [1.82, 2.24) is 0 Å². The fourth-order valence-electron chi connectivity index (χ4n) is 0.784. The Morgan fingerprint density at radius 1 is 0.733 bits per heavy atom. The maximum atomic E-state index is 5.26. The standard InChI is InChI=1S/C10H22O5/c1-9(11-3)14-7-5-13-6-8-15-10(2)12-4/h9-10H,5-8H2,1-4H3. The summed E-state index contributed by atoms with van der Waals surface area (Å²) in [5.41, 5.74) is 0. The van der Waals surface area contributed by atoms with Crippen LogP contribution in [0.15, 0.2) is 0 Å². The summed E-state index contributed by atoms with van der Waals surface area (Å²) in [6.45, 7) is 5.80. The van der Waals surface area contributed by atoms with Gasteiger partial charge in [0.05, 0.1) is 26.4 Å². The van der Waals surface area contributed by atoms with Crippen LogP contribution >= 0.6 is 0 Å². The minimum absolute atomic E-state index is 0.182. The molecule has 0 aliphatic carbocycles. The molecule has 5 nitrogen and oxygen atoms in total. The molecule has 15 heavy (non-hydrogen) atoms. The van der Waals surface area contributed by atoms with Crippen molar-refractivity contribution in [1.29, 1.82) is 0 Å². The highest BCUT2D eigenvalue weighted by molar-refractivity contribution is 4.35. The third-order valence-electron chi connectivity index (χ3n) is 1.82. The SMILES string of the molecule is COC(C)OCCOCCOC(C)OC. The lowest BCUT2D eigenvalue weighted by atomic mass is 10.7. The molecule has 0 radical (unpaired) electrons. The first kappa shape index (κ1) is 14.8. The molecule has 0 saturated heterocycles. The molecule has 0 N–H and O–H groups in total. The highest BCUT2D eigenvalue weighted by Gasteiger charge is 1.99. The topological polar surface area (TPSA) is 46.2 Å². The van der Waals surface area contributed by atoms with Gasteiger partial charge in [-0.1, -0.05) is 0 Å². The summed E-state index contributed by atoms with van der Waals surface area (Å²) in [5.74, 6) is 0. The van der Waals surface area contributed by atoms with E-state index in [0.29, 0.717) is 26.4 Å². The van der Waals surface area contributed by atoms with Crippen molar-refractivity contribution in [3.63, 3.8) is 0 Å². The average Bonchev–Trinajstić information content (AvgIpc) is 2.26. The molecular weight excluding hydrogens is 200 g/mol. The van der Waals surface area contributed by atoms with E-state index in [0.717, 1.165) is 0 Å². The Balaban J connectivity index is 3.05. The first-order valence-corrected chi connectivity index (χ1v) is 5.07. The van der Waals surface area contributed by atoms with Crippen LogP contribution in [0.1, 0.15) is 13.8 Å². The molecule has 0 amide bonds. The monoisotopic (exact) mass is 222 g/mol. The summed E-state index contributed by atoms with van der Waals surface area (Å²) < 4.78 is 25.5. The molecule has 0 aliphatic rings. The van der Waals surface area contributed by atoms with Gasteiger partial charge in [-0.05, 0) is 13.8 Å². The first-order chi connectivity index (χ1) is 7.20. The van der Waals surface area contributed by atoms with Crippen molar-refractivity contribution in [2.45, 2.75) is 26.4 Å². The number of methoxy groups -OCH3 is 2. The molecule has 0 bridgehead atoms. The second kappa shape index (κ2) is 10.3. The predicted octanol–water partition coefficient (Wildman–Crippen LogP) is 1.02. The van der Waals surface area contributed by atoms with E-state index in [1.807, 2.05) is 13.8 Å². The number of ether oxygens (including phenoxy) is 5. The third-order valence-corrected chi connectivity index (χ3v) is 1.82. The Hall–Kier alpha value is -0.200. The van der Waals surface area contributed by atoms with Crippen molar-refractivity contribution in [2.75, 3.05) is 40.6 Å². The summed E-state index contributed by atoms with van der Waals surface area (Å²) in [4.78, 5) is 0. The zero-order chi connectivity index (χ0) is 11.5. The Bertz CT molecular complexity index is 117. The molecule has 5 heteroatoms. The fourth-order valence-corrected chi connectivity index (χ4v) is 0.784. The largest absolute Gasteiger partial charge is 0.377 e. The highest BCUT2D eigenvalue weighted by Crippen LogP contribution is 1.92. The second-order valence-electron chi connectivity index (χ2n) is 2.96. The summed E-state index contributed by atoms with van der Waals surface area (Å²) in [6, 6.07) is 0. The lowest BCUT2D eigenvalue weighted by molar-refractivity contribution is -0.135. The molecule has 92 valence electrons. The minimum atomic E-state index is -0.182. The maximum Gasteiger partial charge on any atom is 0.154 e. The van der Waals surface area contributed by atoms with Crippen LogP contribution in [0.25, 0.3) is 0 Å². The van der Waals surface area contributed by atoms with Crippen molar-refractivity contribution in [2.24, 2.45) is 0 Å². The van der Waals surface area contributed by atoms with E-state index < -0.39 is 0 Å². The smallest absolute Gasteiger partial charge is 0.154 e. The average molecular weight is 222 g/mol. The molecule has 0 heterocycles. The molecule has 0 aromatic rings. The van der Waals surface area contributed by atoms with Crippen molar-refractivity contribution in [3.05, 3.63) is 0 Å². The van der Waals surface area contributed by atoms with E-state index in [1.54, 1.807) is 14.2 Å². The van der Waals surface area contributed by atoms with E-state index >= 15 is 0 Å². The molecule has 0 fully saturated rings. The van der Waals surface area contributed by atoms with Crippen LogP contribution in [0.2, 0.25) is 0 Å². The van der Waals surface area contributed by atoms with Gasteiger partial charge < -0.3 is 23.7 Å². The molecule has 0 aromatic heterocycles. The van der Waals surface area contributed by atoms with Crippen LogP contribution in [-0.4, -0.2) is 53.2 Å². The molecular formula is C10H22O5. The Labute approximate surface area is 91.6 Å². The van der Waals surface area contributed by atoms with Crippen LogP contribution in [0.3, 0.4) is 0 Å². The van der Waals surface area contributed by atoms with Crippen LogP contribution in [-0.2, 0) is 23.7 Å². The number of hydrogen-bond acceptors (Lipinski definition) is 5. The molecule has 0 spiro atoms. The van der Waals surface area contributed by atoms with E-state index in [1.165, 1.54) is 0 Å². The van der Waals surface area contributed by atoms with Gasteiger partial charge >= 0.3 is 0 Å². The van der Waals surface area contributed by atoms with Crippen molar-refractivity contribution in [3.8, 4) is 0 Å². The molecule has 0 saturated carbocycles. The lowest BCUT2D eigenvalue weighted by Crippen LogP contribution is -2.17. The first-order valence-electron chi connectivity index (χ1n) is 5.07. The van der Waals surface area contributed by atoms with E-state index in [2.05, 4.69) is 0 Å². The van der Waals surface area contributed by atoms with Gasteiger partial charge in [-0.3, -0.25) is 0 Å². The number of hydrogen-bond donors (Lipinski definition) is 0. The van der Waals surface area contributed by atoms with E-state index in [-0.39, 0.29) is 12.6 Å². The Kier molecular flexibility index (Phi) is 10.2. The third kappa shape index (κ3) is 10.1. The van der Waals surface area contributed by atoms with Gasteiger partial charge in [0, 0.05) is 14.2 Å². The van der Waals surface area contributed by atoms with Gasteiger partial charge in [0.25, 0.3) is 0 Å². The van der Waals surface area contributed by atoms with Crippen LogP contribution in [0.5, 0.6) is 0 Å². The highest BCUT2D eigenvalue weighted by atomic mass is 16.7. The van der Waals surface area contributed by atoms with Gasteiger partial charge in [0.15, 0.2) is 12.6 Å². The van der Waals surface area contributed by atoms with Gasteiger partial charge in [-0.25, -0.2) is 0 Å². The van der Waals surface area contributed by atoms with Gasteiger partial charge in [-0.15, -0.1) is 0 Å². The lowest BCUT2D eigenvalue weighted by Gasteiger charge is -2.12. The molecule has 0 aromatic carbocycles. The van der Waals surface area contributed by atoms with Crippen LogP contribution in [0.4, 0.5) is 0 Å². The summed E-state index contributed by atoms with van der Waals surface area (Å²) in [6.07, 6.45) is -0.364. The van der Waals surface area contributed by atoms with Gasteiger partial charge in [-0.2, -0.15) is 0 Å². The van der Waals surface area contributed by atoms with Crippen molar-refractivity contribution >= 4 is 0 Å². The summed E-state index contributed by atoms with van der Waals surface area (Å²) in [5, 5.41) is 0. The maximum absolute atomic E-state index is 5.26. The van der Waals surface area contributed by atoms with Gasteiger partial charge in [0.1, 0.15) is 0 Å².